The molecular weight excluding hydrogens is 878 g/mol. The van der Waals surface area contributed by atoms with Crippen molar-refractivity contribution in [2.75, 3.05) is 0 Å². The van der Waals surface area contributed by atoms with Gasteiger partial charge in [-0.25, -0.2) is 4.98 Å². The molecule has 57 heavy (non-hydrogen) atoms. The summed E-state index contributed by atoms with van der Waals surface area (Å²) in [7, 11) is 0. The number of benzene rings is 6. The van der Waals surface area contributed by atoms with E-state index in [1.165, 1.54) is 10.9 Å². The summed E-state index contributed by atoms with van der Waals surface area (Å²) in [5.74, 6) is 0.970. The van der Waals surface area contributed by atoms with Gasteiger partial charge < -0.3 is 5.11 Å². The molecule has 0 atom stereocenters. The van der Waals surface area contributed by atoms with Gasteiger partial charge in [0, 0.05) is 49.0 Å². The van der Waals surface area contributed by atoms with Gasteiger partial charge >= 0.3 is 0 Å². The molecule has 5 heteroatoms. The first-order valence-corrected chi connectivity index (χ1v) is 19.7. The number of hydrogen-bond donors (Lipinski definition) is 1. The predicted molar refractivity (Wildman–Crippen MR) is 234 cm³/mol. The summed E-state index contributed by atoms with van der Waals surface area (Å²) in [6.45, 7) is 19.9. The molecule has 1 aliphatic rings. The van der Waals surface area contributed by atoms with Crippen molar-refractivity contribution < 1.29 is 26.2 Å². The average molecular weight is 926 g/mol. The summed E-state index contributed by atoms with van der Waals surface area (Å²) >= 11 is 0. The molecule has 2 aromatic heterocycles. The topological polar surface area (TPSA) is 50.9 Å². The number of nitrogens with zero attached hydrogens (tertiary/aromatic N) is 3. The Morgan fingerprint density at radius 1 is 0.526 bits per heavy atom. The molecule has 1 aliphatic heterocycles. The number of hydrogen-bond acceptors (Lipinski definition) is 3. The van der Waals surface area contributed by atoms with Crippen LogP contribution >= 0.6 is 0 Å². The normalized spacial score (nSPS) is 12.6. The van der Waals surface area contributed by atoms with Crippen LogP contribution in [-0.4, -0.2) is 19.6 Å². The first-order chi connectivity index (χ1) is 26.6. The summed E-state index contributed by atoms with van der Waals surface area (Å²) in [4.78, 5) is 11.0. The first kappa shape index (κ1) is 38.6. The zero-order valence-corrected chi connectivity index (χ0v) is 36.4. The zero-order chi connectivity index (χ0) is 39.3. The minimum absolute atomic E-state index is 0. The molecule has 0 amide bonds. The van der Waals surface area contributed by atoms with Crippen LogP contribution in [0.4, 0.5) is 0 Å². The van der Waals surface area contributed by atoms with Crippen LogP contribution in [0.2, 0.25) is 0 Å². The minimum atomic E-state index is -0.299. The van der Waals surface area contributed by atoms with E-state index in [2.05, 4.69) is 194 Å². The predicted octanol–water partition coefficient (Wildman–Crippen LogP) is 13.6. The molecule has 0 saturated carbocycles. The van der Waals surface area contributed by atoms with Gasteiger partial charge in [-0.2, -0.15) is 0 Å². The van der Waals surface area contributed by atoms with Crippen molar-refractivity contribution >= 4 is 21.8 Å². The van der Waals surface area contributed by atoms with Gasteiger partial charge in [-0.15, -0.1) is 29.1 Å². The number of para-hydroxylation sites is 1. The molecule has 0 unspecified atom stereocenters. The molecule has 1 N–H and O–H groups in total. The Hall–Kier alpha value is -5.31. The van der Waals surface area contributed by atoms with Gasteiger partial charge in [-0.3, -0.25) is 9.55 Å². The maximum absolute atomic E-state index is 12.3. The second kappa shape index (κ2) is 13.7. The largest absolute Gasteiger partial charge is 0.507 e. The van der Waals surface area contributed by atoms with Crippen LogP contribution in [0.5, 0.6) is 5.75 Å². The molecular formula is C52H48N3OPt-. The zero-order valence-electron chi connectivity index (χ0n) is 34.2. The number of aromatic hydroxyl groups is 1. The van der Waals surface area contributed by atoms with E-state index >= 15 is 0 Å². The van der Waals surface area contributed by atoms with Crippen LogP contribution in [0.3, 0.4) is 0 Å². The van der Waals surface area contributed by atoms with Crippen LogP contribution in [-0.2, 0) is 37.3 Å². The van der Waals surface area contributed by atoms with E-state index < -0.39 is 0 Å². The standard InChI is InChI=1S/C52H48N3O.Pt/c1-50(2,3)33-29-40(48(56)42(30-33)52(7,8)9)49-54-46-39(26-25-38-36-20-13-12-19-35(36)37-21-14-15-24-45(37)55(49)47(38)46)44-23-16-22-43(53-44)32-27-31-17-10-11-18-34(31)41(28-32)51(4,5)6;/h10-26,28-30,56H,1-9H3;/q-1;. The van der Waals surface area contributed by atoms with Crippen LogP contribution < -0.4 is 0 Å². The van der Waals surface area contributed by atoms with Gasteiger partial charge in [0.05, 0.1) is 28.0 Å². The molecule has 0 aliphatic carbocycles. The molecule has 0 bridgehead atoms. The molecule has 4 nitrogen and oxygen atoms in total. The van der Waals surface area contributed by atoms with Crippen molar-refractivity contribution in [1.29, 1.82) is 0 Å². The van der Waals surface area contributed by atoms with Crippen LogP contribution in [0.25, 0.3) is 83.6 Å². The molecule has 0 fully saturated rings. The maximum Gasteiger partial charge on any atom is 0.149 e. The average Bonchev–Trinajstić information content (AvgIpc) is 3.50. The number of phenolic OH excluding ortho intramolecular Hbond substituents is 1. The number of pyridine rings is 1. The maximum atomic E-state index is 12.3. The fraction of sp³-hybridized carbons (Fsp3) is 0.231. The monoisotopic (exact) mass is 925 g/mol. The molecule has 3 heterocycles. The fourth-order valence-electron chi connectivity index (χ4n) is 8.40. The summed E-state index contributed by atoms with van der Waals surface area (Å²) in [6.07, 6.45) is 0. The van der Waals surface area contributed by atoms with E-state index in [0.717, 1.165) is 83.6 Å². The van der Waals surface area contributed by atoms with Crippen molar-refractivity contribution in [2.45, 2.75) is 78.6 Å². The summed E-state index contributed by atoms with van der Waals surface area (Å²) in [5, 5.41) is 14.6. The smallest absolute Gasteiger partial charge is 0.149 e. The van der Waals surface area contributed by atoms with Gasteiger partial charge in [0.1, 0.15) is 11.6 Å². The minimum Gasteiger partial charge on any atom is -0.507 e. The summed E-state index contributed by atoms with van der Waals surface area (Å²) in [5.41, 5.74) is 14.5. The van der Waals surface area contributed by atoms with Crippen LogP contribution in [0.15, 0.2) is 121 Å². The van der Waals surface area contributed by atoms with Gasteiger partial charge in [-0.05, 0) is 57.2 Å². The number of phenols is 1. The molecule has 6 aromatic carbocycles. The fourth-order valence-corrected chi connectivity index (χ4v) is 8.40. The number of imidazole rings is 1. The molecule has 288 valence electrons. The van der Waals surface area contributed by atoms with Crippen molar-refractivity contribution in [2.24, 2.45) is 0 Å². The number of rotatable bonds is 3. The molecule has 9 rings (SSSR count). The van der Waals surface area contributed by atoms with Crippen LogP contribution in [0.1, 0.15) is 79.0 Å². The molecule has 8 aromatic rings. The van der Waals surface area contributed by atoms with Crippen molar-refractivity contribution in [1.82, 2.24) is 14.5 Å². The molecule has 0 spiro atoms. The van der Waals surface area contributed by atoms with E-state index in [1.807, 2.05) is 0 Å². The van der Waals surface area contributed by atoms with E-state index in [4.69, 9.17) is 9.97 Å². The SMILES string of the molecule is CC(C)(C)c1cc(-c2nc3c(-c4cccc(-c5[c-]c6ccccc6c(C(C)(C)C)c5)n4)ccc4c3n2-c2ccccc2-c2ccccc2-4)c(O)c(C(C)(C)C)c1.[Pt]. The molecule has 0 radical (unpaired) electrons. The third kappa shape index (κ3) is 6.43. The Morgan fingerprint density at radius 2 is 1.14 bits per heavy atom. The van der Waals surface area contributed by atoms with Gasteiger partial charge in [0.25, 0.3) is 0 Å². The quantitative estimate of drug-likeness (QED) is 0.180. The number of fused-ring (bicyclic) bond motifs is 6. The Labute approximate surface area is 350 Å². The van der Waals surface area contributed by atoms with Crippen LogP contribution in [0, 0.1) is 6.07 Å². The van der Waals surface area contributed by atoms with E-state index in [-0.39, 0.29) is 43.1 Å². The van der Waals surface area contributed by atoms with E-state index in [9.17, 15) is 5.11 Å². The number of aromatic nitrogens is 3. The van der Waals surface area contributed by atoms with Gasteiger partial charge in [-0.1, -0.05) is 158 Å². The Balaban J connectivity index is 0.00000455. The third-order valence-electron chi connectivity index (χ3n) is 11.4. The third-order valence-corrected chi connectivity index (χ3v) is 11.4. The summed E-state index contributed by atoms with van der Waals surface area (Å²) < 4.78 is 2.29. The first-order valence-electron chi connectivity index (χ1n) is 19.7. The Morgan fingerprint density at radius 3 is 1.84 bits per heavy atom. The van der Waals surface area contributed by atoms with Crippen molar-refractivity contribution in [3.05, 3.63) is 144 Å². The molecule has 0 saturated heterocycles. The van der Waals surface area contributed by atoms with E-state index in [0.29, 0.717) is 5.82 Å². The van der Waals surface area contributed by atoms with Gasteiger partial charge in [0.15, 0.2) is 0 Å². The Bertz CT molecular complexity index is 2880. The Kier molecular flexibility index (Phi) is 9.25. The van der Waals surface area contributed by atoms with E-state index in [1.54, 1.807) is 0 Å². The van der Waals surface area contributed by atoms with Gasteiger partial charge in [0.2, 0.25) is 0 Å². The summed E-state index contributed by atoms with van der Waals surface area (Å²) in [6, 6.07) is 46.6. The van der Waals surface area contributed by atoms with Crippen molar-refractivity contribution in [3.8, 4) is 67.6 Å². The second-order valence-electron chi connectivity index (χ2n) is 18.4. The van der Waals surface area contributed by atoms with Crippen molar-refractivity contribution in [3.63, 3.8) is 0 Å². The second-order valence-corrected chi connectivity index (χ2v) is 18.4.